The van der Waals surface area contributed by atoms with Gasteiger partial charge in [-0.1, -0.05) is 128 Å². The molecule has 0 atom stereocenters. The predicted octanol–water partition coefficient (Wildman–Crippen LogP) is 12.9. The quantitative estimate of drug-likeness (QED) is 0.136. The van der Waals surface area contributed by atoms with E-state index in [4.69, 9.17) is 0 Å². The van der Waals surface area contributed by atoms with E-state index in [1.165, 1.54) is 32.0 Å². The number of aryl methyl sites for hydroxylation is 2. The smallest absolute Gasteiger partial charge is 0.185 e. The Morgan fingerprint density at radius 2 is 0.843 bits per heavy atom. The van der Waals surface area contributed by atoms with Gasteiger partial charge in [-0.2, -0.15) is 0 Å². The molecule has 0 N–H and O–H groups in total. The summed E-state index contributed by atoms with van der Waals surface area (Å²) in [7, 11) is 0. The van der Waals surface area contributed by atoms with E-state index >= 15 is 0 Å². The van der Waals surface area contributed by atoms with Crippen LogP contribution in [0.1, 0.15) is 146 Å². The maximum Gasteiger partial charge on any atom is 0.185 e. The van der Waals surface area contributed by atoms with E-state index in [-0.39, 0.29) is 33.2 Å². The minimum Gasteiger partial charge on any atom is -0.289 e. The molecule has 2 aliphatic carbocycles. The molecule has 4 aromatic carbocycles. The summed E-state index contributed by atoms with van der Waals surface area (Å²) >= 11 is 1.74. The molecule has 0 bridgehead atoms. The van der Waals surface area contributed by atoms with Crippen LogP contribution >= 0.6 is 11.8 Å². The van der Waals surface area contributed by atoms with Crippen molar-refractivity contribution in [2.75, 3.05) is 0 Å². The molecule has 4 aromatic rings. The van der Waals surface area contributed by atoms with Gasteiger partial charge in [-0.05, 0) is 142 Å². The van der Waals surface area contributed by atoms with E-state index in [1.807, 2.05) is 24.3 Å². The Hall–Kier alpha value is -3.95. The molecule has 0 unspecified atom stereocenters. The maximum absolute atomic E-state index is 13.3. The Morgan fingerprint density at radius 1 is 0.490 bits per heavy atom. The Morgan fingerprint density at radius 3 is 1.20 bits per heavy atom. The first-order chi connectivity index (χ1) is 23.9. The summed E-state index contributed by atoms with van der Waals surface area (Å²) in [5.74, 6) is 0.0745. The fraction of sp³-hybridized carbons (Fsp3) is 0.375. The Kier molecular flexibility index (Phi) is 9.78. The summed E-state index contributed by atoms with van der Waals surface area (Å²) in [5, 5.41) is 0. The summed E-state index contributed by atoms with van der Waals surface area (Å²) in [4.78, 5) is 28.9. The van der Waals surface area contributed by atoms with Gasteiger partial charge in [0.15, 0.2) is 11.6 Å². The number of carbonyl (C=O) groups excluding carboxylic acids is 2. The van der Waals surface area contributed by atoms with Gasteiger partial charge in [0.25, 0.3) is 0 Å². The Bertz CT molecular complexity index is 1940. The van der Waals surface area contributed by atoms with Crippen molar-refractivity contribution in [2.24, 2.45) is 0 Å². The summed E-state index contributed by atoms with van der Waals surface area (Å²) in [6.07, 6.45) is 11.8. The van der Waals surface area contributed by atoms with E-state index in [2.05, 4.69) is 130 Å². The number of hydrogen-bond acceptors (Lipinski definition) is 3. The number of carbonyl (C=O) groups is 2. The van der Waals surface area contributed by atoms with E-state index in [1.54, 1.807) is 23.9 Å². The number of ketones is 2. The second kappa shape index (κ2) is 13.6. The van der Waals surface area contributed by atoms with Crippen molar-refractivity contribution in [3.05, 3.63) is 141 Å². The van der Waals surface area contributed by atoms with Gasteiger partial charge >= 0.3 is 0 Å². The molecule has 0 radical (unpaired) electrons. The van der Waals surface area contributed by atoms with Gasteiger partial charge in [0.1, 0.15) is 0 Å². The molecule has 3 heteroatoms. The third kappa shape index (κ3) is 7.65. The number of fused-ring (bicyclic) bond motifs is 2. The molecule has 2 nitrogen and oxygen atoms in total. The fourth-order valence-electron chi connectivity index (χ4n) is 7.92. The van der Waals surface area contributed by atoms with Crippen molar-refractivity contribution in [3.8, 4) is 0 Å². The average Bonchev–Trinajstić information content (AvgIpc) is 3.08. The monoisotopic (exact) mass is 694 g/mol. The number of benzene rings is 4. The van der Waals surface area contributed by atoms with Crippen molar-refractivity contribution in [1.29, 1.82) is 0 Å². The highest BCUT2D eigenvalue weighted by Crippen LogP contribution is 2.47. The first-order valence-electron chi connectivity index (χ1n) is 18.5. The Labute approximate surface area is 310 Å². The van der Waals surface area contributed by atoms with Crippen LogP contribution in [0.5, 0.6) is 0 Å². The number of allylic oxidation sites excluding steroid dienone is 2. The molecule has 0 heterocycles. The van der Waals surface area contributed by atoms with Crippen LogP contribution in [-0.4, -0.2) is 11.6 Å². The lowest BCUT2D eigenvalue weighted by molar-refractivity contribution is 0.103. The van der Waals surface area contributed by atoms with Crippen molar-refractivity contribution in [1.82, 2.24) is 0 Å². The second-order valence-corrected chi connectivity index (χ2v) is 18.7. The Balaban J connectivity index is 1.11. The average molecular weight is 695 g/mol. The molecular formula is C48H54O2S. The van der Waals surface area contributed by atoms with E-state index in [9.17, 15) is 9.59 Å². The van der Waals surface area contributed by atoms with Crippen LogP contribution in [0, 0.1) is 13.8 Å². The minimum atomic E-state index is 0.0372. The predicted molar refractivity (Wildman–Crippen MR) is 217 cm³/mol. The molecule has 6 rings (SSSR count). The third-order valence-electron chi connectivity index (χ3n) is 11.7. The highest BCUT2D eigenvalue weighted by molar-refractivity contribution is 7.99. The lowest BCUT2D eigenvalue weighted by atomic mass is 9.63. The van der Waals surface area contributed by atoms with Gasteiger partial charge in [0, 0.05) is 20.9 Å². The highest BCUT2D eigenvalue weighted by Gasteiger charge is 2.38. The summed E-state index contributed by atoms with van der Waals surface area (Å²) in [5.41, 5.74) is 11.6. The number of rotatable bonds is 8. The van der Waals surface area contributed by atoms with E-state index in [0.717, 1.165) is 59.1 Å². The first kappa shape index (κ1) is 36.8. The third-order valence-corrected chi connectivity index (χ3v) is 13.1. The molecule has 0 spiro atoms. The fourth-order valence-corrected chi connectivity index (χ4v) is 8.87. The van der Waals surface area contributed by atoms with E-state index in [0.29, 0.717) is 0 Å². The summed E-state index contributed by atoms with van der Waals surface area (Å²) < 4.78 is 0. The molecule has 264 valence electrons. The van der Waals surface area contributed by atoms with Crippen LogP contribution < -0.4 is 0 Å². The zero-order chi connectivity index (χ0) is 36.9. The van der Waals surface area contributed by atoms with Gasteiger partial charge in [-0.3, -0.25) is 9.59 Å². The van der Waals surface area contributed by atoms with Gasteiger partial charge in [0.05, 0.1) is 0 Å². The molecule has 0 saturated carbocycles. The largest absolute Gasteiger partial charge is 0.289 e. The van der Waals surface area contributed by atoms with Gasteiger partial charge in [0.2, 0.25) is 0 Å². The summed E-state index contributed by atoms with van der Waals surface area (Å²) in [6, 6.07) is 25.3. The zero-order valence-corrected chi connectivity index (χ0v) is 33.1. The normalized spacial score (nSPS) is 18.4. The van der Waals surface area contributed by atoms with Crippen LogP contribution in [-0.2, 0) is 21.7 Å². The number of hydrogen-bond donors (Lipinski definition) is 0. The van der Waals surface area contributed by atoms with Crippen molar-refractivity contribution >= 4 is 35.5 Å². The van der Waals surface area contributed by atoms with Crippen LogP contribution in [0.25, 0.3) is 12.2 Å². The molecule has 2 aliphatic rings. The first-order valence-corrected chi connectivity index (χ1v) is 19.3. The SMILES string of the molecule is Cc1cc(C=CC(=O)c2ccc3c(c2)C(C)(C)CCC3(C)C)ccc1Sc1ccc(C=CC(=O)c2ccc3c(c2)C(C)(C)CCC3(C)C)cc1C. The van der Waals surface area contributed by atoms with Crippen molar-refractivity contribution in [3.63, 3.8) is 0 Å². The van der Waals surface area contributed by atoms with Crippen LogP contribution in [0.4, 0.5) is 0 Å². The standard InChI is InChI=1S/C48H54O2S/c1-31-27-33(11-19-41(49)35-15-17-37-39(29-35)47(7,8)25-23-45(37,3)4)13-21-43(31)51-44-22-14-34(28-32(44)2)12-20-42(50)36-16-18-38-40(30-36)48(9,10)26-24-46(38,5)6/h11-22,27-30H,23-26H2,1-10H3. The van der Waals surface area contributed by atoms with Gasteiger partial charge in [-0.25, -0.2) is 0 Å². The lowest BCUT2D eigenvalue weighted by Gasteiger charge is -2.42. The molecule has 0 aromatic heterocycles. The van der Waals surface area contributed by atoms with Crippen LogP contribution in [0.15, 0.2) is 94.7 Å². The second-order valence-electron chi connectivity index (χ2n) is 17.6. The van der Waals surface area contributed by atoms with Crippen molar-refractivity contribution in [2.45, 2.75) is 126 Å². The molecule has 51 heavy (non-hydrogen) atoms. The molecular weight excluding hydrogens is 641 g/mol. The van der Waals surface area contributed by atoms with E-state index < -0.39 is 0 Å². The molecule has 0 amide bonds. The van der Waals surface area contributed by atoms with Gasteiger partial charge in [-0.15, -0.1) is 0 Å². The highest BCUT2D eigenvalue weighted by atomic mass is 32.2. The topological polar surface area (TPSA) is 34.1 Å². The van der Waals surface area contributed by atoms with Gasteiger partial charge < -0.3 is 0 Å². The summed E-state index contributed by atoms with van der Waals surface area (Å²) in [6.45, 7) is 22.6. The maximum atomic E-state index is 13.3. The minimum absolute atomic E-state index is 0.0372. The molecule has 0 aliphatic heterocycles. The zero-order valence-electron chi connectivity index (χ0n) is 32.3. The molecule has 0 saturated heterocycles. The molecule has 0 fully saturated rings. The van der Waals surface area contributed by atoms with Crippen LogP contribution in [0.2, 0.25) is 0 Å². The van der Waals surface area contributed by atoms with Crippen molar-refractivity contribution < 1.29 is 9.59 Å². The lowest BCUT2D eigenvalue weighted by Crippen LogP contribution is -2.34. The van der Waals surface area contributed by atoms with Crippen LogP contribution in [0.3, 0.4) is 0 Å².